The lowest BCUT2D eigenvalue weighted by atomic mass is 10.1. The molecule has 0 aliphatic rings. The molecule has 1 rings (SSSR count). The van der Waals surface area contributed by atoms with Crippen molar-refractivity contribution in [2.45, 2.75) is 26.1 Å². The SMILES string of the molecule is CCNC(=O)C(C)NC(=O)c1ccc(C(F)(F)F)cc1. The van der Waals surface area contributed by atoms with Crippen molar-refractivity contribution >= 4 is 11.8 Å². The fourth-order valence-corrected chi connectivity index (χ4v) is 1.48. The highest BCUT2D eigenvalue weighted by molar-refractivity contribution is 5.97. The molecule has 0 bridgehead atoms. The number of rotatable bonds is 4. The van der Waals surface area contributed by atoms with Crippen LogP contribution in [0, 0.1) is 0 Å². The quantitative estimate of drug-likeness (QED) is 0.890. The molecule has 0 aliphatic heterocycles. The molecule has 0 saturated heterocycles. The lowest BCUT2D eigenvalue weighted by Crippen LogP contribution is -2.44. The van der Waals surface area contributed by atoms with Crippen LogP contribution < -0.4 is 10.6 Å². The Morgan fingerprint density at radius 3 is 2.20 bits per heavy atom. The summed E-state index contributed by atoms with van der Waals surface area (Å²) in [5, 5.41) is 4.94. The Bertz CT molecular complexity index is 483. The van der Waals surface area contributed by atoms with Gasteiger partial charge in [0.1, 0.15) is 6.04 Å². The Hall–Kier alpha value is -2.05. The zero-order valence-electron chi connectivity index (χ0n) is 11.0. The summed E-state index contributed by atoms with van der Waals surface area (Å²) < 4.78 is 37.1. The van der Waals surface area contributed by atoms with E-state index in [1.807, 2.05) is 0 Å². The van der Waals surface area contributed by atoms with Crippen LogP contribution in [0.2, 0.25) is 0 Å². The summed E-state index contributed by atoms with van der Waals surface area (Å²) in [5.74, 6) is -0.953. The van der Waals surface area contributed by atoms with Crippen molar-refractivity contribution < 1.29 is 22.8 Å². The van der Waals surface area contributed by atoms with Crippen LogP contribution >= 0.6 is 0 Å². The second kappa shape index (κ2) is 6.40. The molecule has 0 aliphatic carbocycles. The monoisotopic (exact) mass is 288 g/mol. The lowest BCUT2D eigenvalue weighted by Gasteiger charge is -2.13. The fraction of sp³-hybridized carbons (Fsp3) is 0.385. The van der Waals surface area contributed by atoms with Crippen molar-refractivity contribution in [3.05, 3.63) is 35.4 Å². The number of likely N-dealkylation sites (N-methyl/N-ethyl adjacent to an activating group) is 1. The van der Waals surface area contributed by atoms with E-state index in [1.54, 1.807) is 6.92 Å². The number of nitrogens with one attached hydrogen (secondary N) is 2. The number of carbonyl (C=O) groups is 2. The maximum absolute atomic E-state index is 12.4. The number of amides is 2. The molecule has 0 radical (unpaired) electrons. The van der Waals surface area contributed by atoms with Crippen LogP contribution in [0.5, 0.6) is 0 Å². The predicted octanol–water partition coefficient (Wildman–Crippen LogP) is 1.96. The topological polar surface area (TPSA) is 58.2 Å². The van der Waals surface area contributed by atoms with Gasteiger partial charge in [0.25, 0.3) is 5.91 Å². The van der Waals surface area contributed by atoms with E-state index in [0.717, 1.165) is 24.3 Å². The first kappa shape index (κ1) is 16.0. The van der Waals surface area contributed by atoms with E-state index in [9.17, 15) is 22.8 Å². The smallest absolute Gasteiger partial charge is 0.355 e. The van der Waals surface area contributed by atoms with Gasteiger partial charge in [-0.3, -0.25) is 9.59 Å². The van der Waals surface area contributed by atoms with E-state index >= 15 is 0 Å². The Morgan fingerprint density at radius 1 is 1.20 bits per heavy atom. The number of hydrogen-bond acceptors (Lipinski definition) is 2. The van der Waals surface area contributed by atoms with Gasteiger partial charge in [-0.15, -0.1) is 0 Å². The number of carbonyl (C=O) groups excluding carboxylic acids is 2. The molecule has 1 aromatic rings. The van der Waals surface area contributed by atoms with E-state index in [1.165, 1.54) is 6.92 Å². The molecule has 1 unspecified atom stereocenters. The van der Waals surface area contributed by atoms with Crippen molar-refractivity contribution in [3.8, 4) is 0 Å². The zero-order chi connectivity index (χ0) is 15.3. The van der Waals surface area contributed by atoms with Crippen molar-refractivity contribution in [2.24, 2.45) is 0 Å². The van der Waals surface area contributed by atoms with Gasteiger partial charge >= 0.3 is 6.18 Å². The second-order valence-corrected chi connectivity index (χ2v) is 4.16. The van der Waals surface area contributed by atoms with E-state index in [-0.39, 0.29) is 11.5 Å². The van der Waals surface area contributed by atoms with E-state index < -0.39 is 23.7 Å². The average Bonchev–Trinajstić information content (AvgIpc) is 2.38. The van der Waals surface area contributed by atoms with Crippen LogP contribution in [0.1, 0.15) is 29.8 Å². The Balaban J connectivity index is 2.71. The summed E-state index contributed by atoms with van der Waals surface area (Å²) >= 11 is 0. The van der Waals surface area contributed by atoms with E-state index in [2.05, 4.69) is 10.6 Å². The van der Waals surface area contributed by atoms with E-state index in [4.69, 9.17) is 0 Å². The predicted molar refractivity (Wildman–Crippen MR) is 67.1 cm³/mol. The van der Waals surface area contributed by atoms with Gasteiger partial charge in [-0.05, 0) is 38.1 Å². The summed E-state index contributed by atoms with van der Waals surface area (Å²) in [7, 11) is 0. The van der Waals surface area contributed by atoms with Gasteiger partial charge in [-0.25, -0.2) is 0 Å². The second-order valence-electron chi connectivity index (χ2n) is 4.16. The molecule has 1 aromatic carbocycles. The molecule has 20 heavy (non-hydrogen) atoms. The Kier molecular flexibility index (Phi) is 5.12. The minimum Gasteiger partial charge on any atom is -0.355 e. The molecule has 110 valence electrons. The summed E-state index contributed by atoms with van der Waals surface area (Å²) in [5.41, 5.74) is -0.764. The van der Waals surface area contributed by atoms with Crippen LogP contribution in [-0.2, 0) is 11.0 Å². The Labute approximate surface area is 114 Å². The average molecular weight is 288 g/mol. The highest BCUT2D eigenvalue weighted by Gasteiger charge is 2.30. The maximum atomic E-state index is 12.4. The number of halogens is 3. The number of alkyl halides is 3. The molecule has 7 heteroatoms. The third-order valence-corrected chi connectivity index (χ3v) is 2.57. The largest absolute Gasteiger partial charge is 0.416 e. The van der Waals surface area contributed by atoms with Gasteiger partial charge < -0.3 is 10.6 Å². The van der Waals surface area contributed by atoms with Gasteiger partial charge in [-0.1, -0.05) is 0 Å². The van der Waals surface area contributed by atoms with Gasteiger partial charge in [0.2, 0.25) is 5.91 Å². The Morgan fingerprint density at radius 2 is 1.75 bits per heavy atom. The molecule has 0 aromatic heterocycles. The maximum Gasteiger partial charge on any atom is 0.416 e. The molecule has 0 spiro atoms. The third kappa shape index (κ3) is 4.25. The molecular formula is C13H15F3N2O2. The van der Waals surface area contributed by atoms with Crippen molar-refractivity contribution in [3.63, 3.8) is 0 Å². The summed E-state index contributed by atoms with van der Waals surface area (Å²) in [6, 6.07) is 3.03. The van der Waals surface area contributed by atoms with E-state index in [0.29, 0.717) is 6.54 Å². The van der Waals surface area contributed by atoms with Gasteiger partial charge in [0, 0.05) is 12.1 Å². The molecule has 0 fully saturated rings. The first-order valence-corrected chi connectivity index (χ1v) is 6.01. The van der Waals surface area contributed by atoms with Gasteiger partial charge in [-0.2, -0.15) is 13.2 Å². The van der Waals surface area contributed by atoms with Crippen molar-refractivity contribution in [2.75, 3.05) is 6.54 Å². The molecular weight excluding hydrogens is 273 g/mol. The first-order valence-electron chi connectivity index (χ1n) is 6.01. The number of benzene rings is 1. The normalized spacial score (nSPS) is 12.7. The highest BCUT2D eigenvalue weighted by Crippen LogP contribution is 2.29. The third-order valence-electron chi connectivity index (χ3n) is 2.57. The molecule has 4 nitrogen and oxygen atoms in total. The number of hydrogen-bond donors (Lipinski definition) is 2. The van der Waals surface area contributed by atoms with Crippen LogP contribution in [0.4, 0.5) is 13.2 Å². The standard InChI is InChI=1S/C13H15F3N2O2/c1-3-17-11(19)8(2)18-12(20)9-4-6-10(7-5-9)13(14,15)16/h4-8H,3H2,1-2H3,(H,17,19)(H,18,20). The summed E-state index contributed by atoms with van der Waals surface area (Å²) in [6.45, 7) is 3.66. The minimum absolute atomic E-state index is 0.0640. The summed E-state index contributed by atoms with van der Waals surface area (Å²) in [6.07, 6.45) is -4.44. The molecule has 2 N–H and O–H groups in total. The molecule has 1 atom stereocenters. The first-order chi connectivity index (χ1) is 9.25. The molecule has 0 saturated carbocycles. The van der Waals surface area contributed by atoms with Gasteiger partial charge in [0.05, 0.1) is 5.56 Å². The van der Waals surface area contributed by atoms with Crippen molar-refractivity contribution in [1.29, 1.82) is 0 Å². The lowest BCUT2D eigenvalue weighted by molar-refractivity contribution is -0.137. The molecule has 0 heterocycles. The molecule has 2 amide bonds. The minimum atomic E-state index is -4.44. The van der Waals surface area contributed by atoms with Crippen LogP contribution in [-0.4, -0.2) is 24.4 Å². The van der Waals surface area contributed by atoms with Crippen LogP contribution in [0.15, 0.2) is 24.3 Å². The fourth-order valence-electron chi connectivity index (χ4n) is 1.48. The van der Waals surface area contributed by atoms with Gasteiger partial charge in [0.15, 0.2) is 0 Å². The highest BCUT2D eigenvalue weighted by atomic mass is 19.4. The van der Waals surface area contributed by atoms with Crippen molar-refractivity contribution in [1.82, 2.24) is 10.6 Å². The summed E-state index contributed by atoms with van der Waals surface area (Å²) in [4.78, 5) is 23.2. The van der Waals surface area contributed by atoms with Crippen LogP contribution in [0.25, 0.3) is 0 Å². The van der Waals surface area contributed by atoms with Crippen LogP contribution in [0.3, 0.4) is 0 Å². The zero-order valence-corrected chi connectivity index (χ0v) is 11.0.